The van der Waals surface area contributed by atoms with E-state index in [9.17, 15) is 19.1 Å². The molecule has 1 aliphatic heterocycles. The Balaban J connectivity index is 2.23. The quantitative estimate of drug-likeness (QED) is 0.615. The molecule has 1 atom stereocenters. The van der Waals surface area contributed by atoms with Crippen molar-refractivity contribution in [1.29, 1.82) is 0 Å². The minimum atomic E-state index is -0.968. The van der Waals surface area contributed by atoms with E-state index in [0.29, 0.717) is 24.4 Å². The number of carbonyl (C=O) groups is 1. The van der Waals surface area contributed by atoms with Crippen LogP contribution in [-0.4, -0.2) is 43.5 Å². The number of hydrogen-bond acceptors (Lipinski definition) is 4. The Bertz CT molecular complexity index is 633. The lowest BCUT2D eigenvalue weighted by atomic mass is 10.1. The largest absolute Gasteiger partial charge is 0.336 e. The Morgan fingerprint density at radius 3 is 2.67 bits per heavy atom. The molecule has 2 rings (SSSR count). The van der Waals surface area contributed by atoms with Crippen molar-refractivity contribution in [1.82, 2.24) is 4.90 Å². The standard InChI is InChI=1S/C13H15ClN2O4S/c1-13(2)8-15(5-6-21(13)20)12(17)9-3-4-11(16(18)19)10(14)7-9/h3-4,7H,5-6,8H2,1-2H3/t21-/m1/s1. The van der Waals surface area contributed by atoms with E-state index in [0.717, 1.165) is 0 Å². The smallest absolute Gasteiger partial charge is 0.287 e. The van der Waals surface area contributed by atoms with E-state index in [1.54, 1.807) is 4.90 Å². The molecule has 0 unspecified atom stereocenters. The number of amides is 1. The molecule has 1 saturated heterocycles. The van der Waals surface area contributed by atoms with Crippen molar-refractivity contribution in [3.05, 3.63) is 38.9 Å². The molecule has 0 aromatic heterocycles. The highest BCUT2D eigenvalue weighted by molar-refractivity contribution is 7.86. The van der Waals surface area contributed by atoms with E-state index < -0.39 is 20.5 Å². The van der Waals surface area contributed by atoms with Crippen LogP contribution in [0, 0.1) is 10.1 Å². The van der Waals surface area contributed by atoms with Gasteiger partial charge in [0.1, 0.15) is 5.02 Å². The van der Waals surface area contributed by atoms with Gasteiger partial charge >= 0.3 is 0 Å². The molecule has 0 bridgehead atoms. The van der Waals surface area contributed by atoms with Gasteiger partial charge in [0.2, 0.25) is 0 Å². The van der Waals surface area contributed by atoms with Crippen LogP contribution in [0.25, 0.3) is 0 Å². The molecule has 0 aliphatic carbocycles. The zero-order valence-electron chi connectivity index (χ0n) is 11.7. The maximum absolute atomic E-state index is 12.4. The summed E-state index contributed by atoms with van der Waals surface area (Å²) in [6, 6.07) is 3.92. The summed E-state index contributed by atoms with van der Waals surface area (Å²) in [5.41, 5.74) is 0.0716. The number of halogens is 1. The summed E-state index contributed by atoms with van der Waals surface area (Å²) in [5, 5.41) is 10.7. The SMILES string of the molecule is CC1(C)CN(C(=O)c2ccc([N+](=O)[O-])c(Cl)c2)CC[S@]1=O. The molecule has 114 valence electrons. The third-order valence-corrected chi connectivity index (χ3v) is 5.63. The van der Waals surface area contributed by atoms with Gasteiger partial charge in [-0.1, -0.05) is 11.6 Å². The number of nitro groups is 1. The number of benzene rings is 1. The zero-order chi connectivity index (χ0) is 15.8. The normalized spacial score (nSPS) is 21.1. The minimum absolute atomic E-state index is 0.0642. The Hall–Kier alpha value is -1.47. The van der Waals surface area contributed by atoms with Crippen LogP contribution < -0.4 is 0 Å². The van der Waals surface area contributed by atoms with Crippen LogP contribution in [0.15, 0.2) is 18.2 Å². The van der Waals surface area contributed by atoms with Crippen LogP contribution in [0.1, 0.15) is 24.2 Å². The van der Waals surface area contributed by atoms with Crippen molar-refractivity contribution in [2.75, 3.05) is 18.8 Å². The van der Waals surface area contributed by atoms with E-state index in [2.05, 4.69) is 0 Å². The minimum Gasteiger partial charge on any atom is -0.336 e. The van der Waals surface area contributed by atoms with Crippen LogP contribution in [0.4, 0.5) is 5.69 Å². The van der Waals surface area contributed by atoms with Gasteiger partial charge in [0, 0.05) is 41.3 Å². The molecule has 1 aromatic carbocycles. The molecule has 1 heterocycles. The molecule has 1 aliphatic rings. The zero-order valence-corrected chi connectivity index (χ0v) is 13.2. The second kappa shape index (κ2) is 5.73. The molecule has 0 N–H and O–H groups in total. The van der Waals surface area contributed by atoms with E-state index in [-0.39, 0.29) is 16.6 Å². The molecule has 8 heteroatoms. The summed E-state index contributed by atoms with van der Waals surface area (Å²) in [6.07, 6.45) is 0. The number of carbonyl (C=O) groups excluding carboxylic acids is 1. The molecule has 1 aromatic rings. The van der Waals surface area contributed by atoms with Gasteiger partial charge in [-0.15, -0.1) is 0 Å². The van der Waals surface area contributed by atoms with Gasteiger partial charge in [0.05, 0.1) is 9.67 Å². The Labute approximate surface area is 129 Å². The summed E-state index contributed by atoms with van der Waals surface area (Å²) in [6.45, 7) is 4.49. The Kier molecular flexibility index (Phi) is 4.34. The van der Waals surface area contributed by atoms with Crippen LogP contribution in [0.3, 0.4) is 0 Å². The molecular weight excluding hydrogens is 316 g/mol. The highest BCUT2D eigenvalue weighted by Gasteiger charge is 2.35. The van der Waals surface area contributed by atoms with Crippen molar-refractivity contribution >= 4 is 34.0 Å². The van der Waals surface area contributed by atoms with Gasteiger partial charge in [0.25, 0.3) is 11.6 Å². The maximum atomic E-state index is 12.4. The van der Waals surface area contributed by atoms with Crippen molar-refractivity contribution in [2.45, 2.75) is 18.6 Å². The average Bonchev–Trinajstić information content (AvgIpc) is 2.40. The fourth-order valence-electron chi connectivity index (χ4n) is 2.22. The van der Waals surface area contributed by atoms with E-state index in [1.807, 2.05) is 13.8 Å². The van der Waals surface area contributed by atoms with Crippen LogP contribution >= 0.6 is 11.6 Å². The van der Waals surface area contributed by atoms with Gasteiger partial charge in [-0.3, -0.25) is 19.1 Å². The fraction of sp³-hybridized carbons (Fsp3) is 0.462. The van der Waals surface area contributed by atoms with Gasteiger partial charge < -0.3 is 4.90 Å². The van der Waals surface area contributed by atoms with Gasteiger partial charge in [-0.2, -0.15) is 0 Å². The third kappa shape index (κ3) is 3.24. The first-order valence-electron chi connectivity index (χ1n) is 6.34. The summed E-state index contributed by atoms with van der Waals surface area (Å²) < 4.78 is 11.4. The molecule has 0 spiro atoms. The first kappa shape index (κ1) is 15.9. The highest BCUT2D eigenvalue weighted by atomic mass is 35.5. The second-order valence-corrected chi connectivity index (χ2v) is 8.07. The monoisotopic (exact) mass is 330 g/mol. The van der Waals surface area contributed by atoms with Crippen LogP contribution in [0.2, 0.25) is 5.02 Å². The molecule has 1 amide bonds. The van der Waals surface area contributed by atoms with Gasteiger partial charge in [0.15, 0.2) is 0 Å². The summed E-state index contributed by atoms with van der Waals surface area (Å²) in [5.74, 6) is 0.177. The lowest BCUT2D eigenvalue weighted by Gasteiger charge is -2.37. The third-order valence-electron chi connectivity index (χ3n) is 3.41. The molecule has 0 saturated carbocycles. The lowest BCUT2D eigenvalue weighted by molar-refractivity contribution is -0.384. The first-order valence-corrected chi connectivity index (χ1v) is 8.04. The highest BCUT2D eigenvalue weighted by Crippen LogP contribution is 2.27. The molecule has 0 radical (unpaired) electrons. The first-order chi connectivity index (χ1) is 9.72. The van der Waals surface area contributed by atoms with Crippen LogP contribution in [-0.2, 0) is 10.8 Å². The molecule has 1 fully saturated rings. The fourth-order valence-corrected chi connectivity index (χ4v) is 3.71. The van der Waals surface area contributed by atoms with E-state index >= 15 is 0 Å². The van der Waals surface area contributed by atoms with Crippen LogP contribution in [0.5, 0.6) is 0 Å². The molecule has 21 heavy (non-hydrogen) atoms. The predicted octanol–water partition coefficient (Wildman–Crippen LogP) is 2.23. The summed E-state index contributed by atoms with van der Waals surface area (Å²) in [7, 11) is -0.968. The maximum Gasteiger partial charge on any atom is 0.287 e. The topological polar surface area (TPSA) is 80.5 Å². The number of nitrogens with zero attached hydrogens (tertiary/aromatic N) is 2. The lowest BCUT2D eigenvalue weighted by Crippen LogP contribution is -2.52. The number of hydrogen-bond donors (Lipinski definition) is 0. The Morgan fingerprint density at radius 1 is 1.48 bits per heavy atom. The Morgan fingerprint density at radius 2 is 2.14 bits per heavy atom. The van der Waals surface area contributed by atoms with Crippen molar-refractivity contribution in [3.8, 4) is 0 Å². The molecular formula is C13H15ClN2O4S. The summed E-state index contributed by atoms with van der Waals surface area (Å²) in [4.78, 5) is 24.2. The van der Waals surface area contributed by atoms with Gasteiger partial charge in [-0.25, -0.2) is 0 Å². The van der Waals surface area contributed by atoms with E-state index in [4.69, 9.17) is 11.6 Å². The van der Waals surface area contributed by atoms with Crippen molar-refractivity contribution < 1.29 is 13.9 Å². The number of rotatable bonds is 2. The summed E-state index contributed by atoms with van der Waals surface area (Å²) >= 11 is 5.83. The second-order valence-electron chi connectivity index (χ2n) is 5.46. The molecule has 6 nitrogen and oxygen atoms in total. The predicted molar refractivity (Wildman–Crippen MR) is 81.1 cm³/mol. The van der Waals surface area contributed by atoms with Crippen molar-refractivity contribution in [3.63, 3.8) is 0 Å². The van der Waals surface area contributed by atoms with Crippen molar-refractivity contribution in [2.24, 2.45) is 0 Å². The number of nitro benzene ring substituents is 1. The van der Waals surface area contributed by atoms with E-state index in [1.165, 1.54) is 18.2 Å². The van der Waals surface area contributed by atoms with Gasteiger partial charge in [-0.05, 0) is 26.0 Å². The average molecular weight is 331 g/mol.